The van der Waals surface area contributed by atoms with Crippen LogP contribution in [0.3, 0.4) is 0 Å². The molecule has 1 atom stereocenters. The van der Waals surface area contributed by atoms with Gasteiger partial charge in [-0.1, -0.05) is 12.2 Å². The van der Waals surface area contributed by atoms with Gasteiger partial charge in [-0.05, 0) is 35.2 Å². The third kappa shape index (κ3) is 2.91. The number of halogens is 1. The van der Waals surface area contributed by atoms with Crippen LogP contribution < -0.4 is 0 Å². The van der Waals surface area contributed by atoms with E-state index in [0.717, 1.165) is 43.4 Å². The molecule has 2 aliphatic rings. The second kappa shape index (κ2) is 5.49. The summed E-state index contributed by atoms with van der Waals surface area (Å²) in [7, 11) is 0. The van der Waals surface area contributed by atoms with Crippen molar-refractivity contribution in [2.45, 2.75) is 25.8 Å². The lowest BCUT2D eigenvalue weighted by Gasteiger charge is -2.41. The van der Waals surface area contributed by atoms with Gasteiger partial charge in [0.15, 0.2) is 0 Å². The Hall–Kier alpha value is -1.10. The molecule has 5 heteroatoms. The molecule has 19 heavy (non-hydrogen) atoms. The molecule has 0 radical (unpaired) electrons. The van der Waals surface area contributed by atoms with E-state index in [9.17, 15) is 4.79 Å². The van der Waals surface area contributed by atoms with Gasteiger partial charge < -0.3 is 4.90 Å². The van der Waals surface area contributed by atoms with Crippen LogP contribution in [0, 0.1) is 11.8 Å². The molecule has 0 spiro atoms. The quantitative estimate of drug-likeness (QED) is 0.801. The van der Waals surface area contributed by atoms with Crippen LogP contribution in [0.1, 0.15) is 19.3 Å². The minimum atomic E-state index is 0.227. The molecule has 0 N–H and O–H groups in total. The van der Waals surface area contributed by atoms with E-state index in [1.165, 1.54) is 0 Å². The Kier molecular flexibility index (Phi) is 3.73. The van der Waals surface area contributed by atoms with Gasteiger partial charge in [-0.2, -0.15) is 5.10 Å². The molecule has 1 aromatic rings. The number of rotatable bonds is 3. The van der Waals surface area contributed by atoms with Gasteiger partial charge in [-0.15, -0.1) is 0 Å². The monoisotopic (exact) mass is 323 g/mol. The highest BCUT2D eigenvalue weighted by Gasteiger charge is 2.34. The molecule has 1 aliphatic heterocycles. The Morgan fingerprint density at radius 3 is 2.89 bits per heavy atom. The van der Waals surface area contributed by atoms with E-state index in [1.54, 1.807) is 6.20 Å². The lowest BCUT2D eigenvalue weighted by Crippen LogP contribution is -2.53. The Bertz CT molecular complexity index is 491. The average Bonchev–Trinajstić information content (AvgIpc) is 2.79. The van der Waals surface area contributed by atoms with Crippen LogP contribution in [-0.4, -0.2) is 33.7 Å². The van der Waals surface area contributed by atoms with Crippen molar-refractivity contribution in [1.29, 1.82) is 0 Å². The number of hydrogen-bond acceptors (Lipinski definition) is 2. The maximum Gasteiger partial charge on any atom is 0.226 e. The predicted octanol–water partition coefficient (Wildman–Crippen LogP) is 2.46. The van der Waals surface area contributed by atoms with E-state index in [4.69, 9.17) is 0 Å². The van der Waals surface area contributed by atoms with Crippen LogP contribution in [0.15, 0.2) is 29.0 Å². The maximum atomic E-state index is 12.2. The van der Waals surface area contributed by atoms with Crippen molar-refractivity contribution in [1.82, 2.24) is 14.7 Å². The van der Waals surface area contributed by atoms with Crippen molar-refractivity contribution in [3.05, 3.63) is 29.0 Å². The van der Waals surface area contributed by atoms with E-state index in [0.29, 0.717) is 11.8 Å². The largest absolute Gasteiger partial charge is 0.342 e. The van der Waals surface area contributed by atoms with E-state index in [2.05, 4.69) is 33.2 Å². The first-order valence-electron chi connectivity index (χ1n) is 6.84. The Morgan fingerprint density at radius 2 is 2.26 bits per heavy atom. The highest BCUT2D eigenvalue weighted by Crippen LogP contribution is 2.26. The van der Waals surface area contributed by atoms with Gasteiger partial charge in [-0.25, -0.2) is 0 Å². The van der Waals surface area contributed by atoms with Crippen molar-refractivity contribution in [2.24, 2.45) is 11.8 Å². The second-order valence-electron chi connectivity index (χ2n) is 5.47. The lowest BCUT2D eigenvalue weighted by molar-refractivity contribution is -0.142. The first kappa shape index (κ1) is 12.9. The Labute approximate surface area is 121 Å². The minimum absolute atomic E-state index is 0.227. The van der Waals surface area contributed by atoms with Gasteiger partial charge in [0, 0.05) is 37.7 Å². The van der Waals surface area contributed by atoms with Crippen molar-refractivity contribution in [3.8, 4) is 0 Å². The summed E-state index contributed by atoms with van der Waals surface area (Å²) >= 11 is 3.39. The second-order valence-corrected chi connectivity index (χ2v) is 6.39. The number of likely N-dealkylation sites (tertiary alicyclic amines) is 1. The fourth-order valence-electron chi connectivity index (χ4n) is 2.84. The number of carbonyl (C=O) groups excluding carboxylic acids is 1. The van der Waals surface area contributed by atoms with Gasteiger partial charge in [0.05, 0.1) is 10.7 Å². The molecule has 1 aliphatic carbocycles. The number of carbonyl (C=O) groups is 1. The lowest BCUT2D eigenvalue weighted by atomic mass is 9.90. The van der Waals surface area contributed by atoms with Gasteiger partial charge >= 0.3 is 0 Å². The fraction of sp³-hybridized carbons (Fsp3) is 0.571. The molecule has 4 nitrogen and oxygen atoms in total. The molecule has 1 unspecified atom stereocenters. The number of aromatic nitrogens is 2. The molecule has 102 valence electrons. The summed E-state index contributed by atoms with van der Waals surface area (Å²) in [4.78, 5) is 14.3. The van der Waals surface area contributed by atoms with Gasteiger partial charge in [0.2, 0.25) is 5.91 Å². The number of hydrogen-bond donors (Lipinski definition) is 0. The highest BCUT2D eigenvalue weighted by molar-refractivity contribution is 9.10. The van der Waals surface area contributed by atoms with E-state index in [-0.39, 0.29) is 5.92 Å². The molecular weight excluding hydrogens is 306 g/mol. The molecule has 1 saturated heterocycles. The number of allylic oxidation sites excluding steroid dienone is 2. The number of nitrogens with zero attached hydrogens (tertiary/aromatic N) is 3. The third-order valence-corrected chi connectivity index (χ3v) is 4.34. The van der Waals surface area contributed by atoms with Crippen LogP contribution in [-0.2, 0) is 11.3 Å². The van der Waals surface area contributed by atoms with Crippen LogP contribution in [0.25, 0.3) is 0 Å². The molecule has 0 saturated carbocycles. The third-order valence-electron chi connectivity index (χ3n) is 3.93. The maximum absolute atomic E-state index is 12.2. The molecular formula is C14H18BrN3O. The van der Waals surface area contributed by atoms with Crippen molar-refractivity contribution < 1.29 is 4.79 Å². The standard InChI is InChI=1S/C14H18BrN3O/c15-13-6-16-18(10-13)9-11-7-17(8-11)14(19)12-4-2-1-3-5-12/h1-2,6,10-12H,3-5,7-9H2. The predicted molar refractivity (Wildman–Crippen MR) is 76.5 cm³/mol. The zero-order chi connectivity index (χ0) is 13.2. The van der Waals surface area contributed by atoms with Crippen LogP contribution in [0.4, 0.5) is 0 Å². The van der Waals surface area contributed by atoms with E-state index in [1.807, 2.05) is 15.8 Å². The average molecular weight is 324 g/mol. The summed E-state index contributed by atoms with van der Waals surface area (Å²) in [6, 6.07) is 0. The summed E-state index contributed by atoms with van der Waals surface area (Å²) < 4.78 is 2.95. The molecule has 3 rings (SSSR count). The zero-order valence-corrected chi connectivity index (χ0v) is 12.4. The summed E-state index contributed by atoms with van der Waals surface area (Å²) in [6.45, 7) is 2.67. The fourth-order valence-corrected chi connectivity index (χ4v) is 3.17. The molecule has 1 aromatic heterocycles. The topological polar surface area (TPSA) is 38.1 Å². The Morgan fingerprint density at radius 1 is 1.42 bits per heavy atom. The summed E-state index contributed by atoms with van der Waals surface area (Å²) in [5.41, 5.74) is 0. The van der Waals surface area contributed by atoms with Crippen LogP contribution in [0.2, 0.25) is 0 Å². The normalized spacial score (nSPS) is 23.4. The minimum Gasteiger partial charge on any atom is -0.342 e. The van der Waals surface area contributed by atoms with E-state index >= 15 is 0 Å². The highest BCUT2D eigenvalue weighted by atomic mass is 79.9. The smallest absolute Gasteiger partial charge is 0.226 e. The Balaban J connectivity index is 1.47. The van der Waals surface area contributed by atoms with Crippen molar-refractivity contribution in [3.63, 3.8) is 0 Å². The van der Waals surface area contributed by atoms with Crippen LogP contribution in [0.5, 0.6) is 0 Å². The first-order valence-corrected chi connectivity index (χ1v) is 7.63. The molecule has 0 aromatic carbocycles. The van der Waals surface area contributed by atoms with Gasteiger partial charge in [0.25, 0.3) is 0 Å². The van der Waals surface area contributed by atoms with E-state index < -0.39 is 0 Å². The molecule has 1 amide bonds. The van der Waals surface area contributed by atoms with Gasteiger partial charge in [-0.3, -0.25) is 9.48 Å². The molecule has 2 heterocycles. The zero-order valence-electron chi connectivity index (χ0n) is 10.8. The number of amides is 1. The molecule has 1 fully saturated rings. The summed E-state index contributed by atoms with van der Waals surface area (Å²) in [5.74, 6) is 1.13. The van der Waals surface area contributed by atoms with Crippen molar-refractivity contribution in [2.75, 3.05) is 13.1 Å². The summed E-state index contributed by atoms with van der Waals surface area (Å²) in [6.07, 6.45) is 11.1. The van der Waals surface area contributed by atoms with Crippen LogP contribution >= 0.6 is 15.9 Å². The molecule has 0 bridgehead atoms. The first-order chi connectivity index (χ1) is 9.22. The van der Waals surface area contributed by atoms with Crippen molar-refractivity contribution >= 4 is 21.8 Å². The summed E-state index contributed by atoms with van der Waals surface area (Å²) in [5, 5.41) is 4.25. The SMILES string of the molecule is O=C(C1CC=CCC1)N1CC(Cn2cc(Br)cn2)C1. The van der Waals surface area contributed by atoms with Gasteiger partial charge in [0.1, 0.15) is 0 Å².